The number of aryl methyl sites for hydroxylation is 2. The van der Waals surface area contributed by atoms with Crippen LogP contribution in [0.5, 0.6) is 0 Å². The van der Waals surface area contributed by atoms with Gasteiger partial charge in [-0.15, -0.1) is 0 Å². The summed E-state index contributed by atoms with van der Waals surface area (Å²) in [6.45, 7) is 3.77. The highest BCUT2D eigenvalue weighted by atomic mass is 32.2. The largest absolute Gasteiger partial charge is 0.416 e. The van der Waals surface area contributed by atoms with Gasteiger partial charge in [0.1, 0.15) is 0 Å². The maximum absolute atomic E-state index is 13.0. The van der Waals surface area contributed by atoms with E-state index in [1.807, 2.05) is 13.0 Å². The number of alkyl halides is 3. The van der Waals surface area contributed by atoms with E-state index in [0.717, 1.165) is 29.8 Å². The van der Waals surface area contributed by atoms with Gasteiger partial charge in [-0.05, 0) is 55.3 Å². The molecule has 0 aromatic heterocycles. The summed E-state index contributed by atoms with van der Waals surface area (Å²) >= 11 is 0. The molecular formula is C22H24F3N3O4S. The molecule has 3 rings (SSSR count). The number of rotatable bonds is 5. The van der Waals surface area contributed by atoms with Crippen molar-refractivity contribution in [1.82, 2.24) is 14.5 Å². The van der Waals surface area contributed by atoms with Crippen molar-refractivity contribution < 1.29 is 31.2 Å². The molecule has 178 valence electrons. The lowest BCUT2D eigenvalue weighted by Gasteiger charge is -2.34. The monoisotopic (exact) mass is 483 g/mol. The number of benzene rings is 2. The second-order valence-electron chi connectivity index (χ2n) is 7.81. The van der Waals surface area contributed by atoms with E-state index in [9.17, 15) is 31.2 Å². The number of halogens is 3. The molecule has 7 nitrogen and oxygen atoms in total. The average molecular weight is 484 g/mol. The predicted octanol–water partition coefficient (Wildman–Crippen LogP) is 2.59. The first-order valence-corrected chi connectivity index (χ1v) is 11.6. The molecule has 33 heavy (non-hydrogen) atoms. The van der Waals surface area contributed by atoms with E-state index < -0.39 is 33.6 Å². The molecule has 1 heterocycles. The first kappa shape index (κ1) is 24.7. The fourth-order valence-electron chi connectivity index (χ4n) is 3.48. The number of nitrogens with one attached hydrogen (secondary N) is 1. The topological polar surface area (TPSA) is 86.8 Å². The third kappa shape index (κ3) is 5.72. The first-order valence-electron chi connectivity index (χ1n) is 10.2. The van der Waals surface area contributed by atoms with Crippen LogP contribution in [-0.2, 0) is 21.0 Å². The van der Waals surface area contributed by atoms with Crippen LogP contribution in [0, 0.1) is 13.8 Å². The zero-order chi connectivity index (χ0) is 24.4. The number of hydrogen-bond acceptors (Lipinski definition) is 4. The van der Waals surface area contributed by atoms with Gasteiger partial charge in [0, 0.05) is 31.7 Å². The summed E-state index contributed by atoms with van der Waals surface area (Å²) in [7, 11) is -3.69. The molecule has 0 saturated carbocycles. The van der Waals surface area contributed by atoms with Gasteiger partial charge in [0.05, 0.1) is 17.0 Å². The number of hydrogen-bond donors (Lipinski definition) is 1. The molecule has 1 aliphatic heterocycles. The van der Waals surface area contributed by atoms with Gasteiger partial charge in [0.25, 0.3) is 5.91 Å². The Hall–Kier alpha value is -2.92. The fraction of sp³-hybridized carbons (Fsp3) is 0.364. The number of sulfonamides is 1. The summed E-state index contributed by atoms with van der Waals surface area (Å²) in [5, 5.41) is 2.39. The van der Waals surface area contributed by atoms with Crippen molar-refractivity contribution in [3.63, 3.8) is 0 Å². The maximum Gasteiger partial charge on any atom is 0.416 e. The molecule has 1 aliphatic rings. The molecule has 0 spiro atoms. The molecular weight excluding hydrogens is 459 g/mol. The van der Waals surface area contributed by atoms with Gasteiger partial charge in [-0.2, -0.15) is 17.5 Å². The average Bonchev–Trinajstić information content (AvgIpc) is 2.78. The van der Waals surface area contributed by atoms with Crippen LogP contribution in [0.2, 0.25) is 0 Å². The zero-order valence-corrected chi connectivity index (χ0v) is 19.0. The van der Waals surface area contributed by atoms with Crippen molar-refractivity contribution in [3.8, 4) is 0 Å². The summed E-state index contributed by atoms with van der Waals surface area (Å²) in [6, 6.07) is 8.89. The van der Waals surface area contributed by atoms with Gasteiger partial charge >= 0.3 is 6.18 Å². The molecule has 2 amide bonds. The third-order valence-corrected chi connectivity index (χ3v) is 7.47. The summed E-state index contributed by atoms with van der Waals surface area (Å²) in [6.07, 6.45) is -4.50. The molecule has 0 bridgehead atoms. The highest BCUT2D eigenvalue weighted by molar-refractivity contribution is 7.89. The van der Waals surface area contributed by atoms with Crippen molar-refractivity contribution in [2.75, 3.05) is 32.7 Å². The van der Waals surface area contributed by atoms with Crippen LogP contribution in [0.25, 0.3) is 0 Å². The van der Waals surface area contributed by atoms with E-state index in [1.54, 1.807) is 19.1 Å². The van der Waals surface area contributed by atoms with Crippen molar-refractivity contribution >= 4 is 21.8 Å². The second-order valence-corrected chi connectivity index (χ2v) is 9.72. The van der Waals surface area contributed by atoms with E-state index in [-0.39, 0.29) is 43.2 Å². The van der Waals surface area contributed by atoms with Crippen molar-refractivity contribution in [1.29, 1.82) is 0 Å². The van der Waals surface area contributed by atoms with Crippen molar-refractivity contribution in [2.45, 2.75) is 24.9 Å². The Morgan fingerprint density at radius 2 is 1.58 bits per heavy atom. The number of amides is 2. The van der Waals surface area contributed by atoms with E-state index >= 15 is 0 Å². The highest BCUT2D eigenvalue weighted by Crippen LogP contribution is 2.29. The minimum Gasteiger partial charge on any atom is -0.343 e. The van der Waals surface area contributed by atoms with Crippen LogP contribution in [0.1, 0.15) is 27.0 Å². The molecule has 2 aromatic rings. The smallest absolute Gasteiger partial charge is 0.343 e. The molecule has 0 unspecified atom stereocenters. The van der Waals surface area contributed by atoms with Gasteiger partial charge < -0.3 is 10.2 Å². The normalized spacial score (nSPS) is 15.4. The third-order valence-electron chi connectivity index (χ3n) is 5.43. The second kappa shape index (κ2) is 9.52. The van der Waals surface area contributed by atoms with Crippen LogP contribution in [0.4, 0.5) is 13.2 Å². The lowest BCUT2D eigenvalue weighted by atomic mass is 10.1. The summed E-state index contributed by atoms with van der Waals surface area (Å²) in [5.41, 5.74) is 0.603. The van der Waals surface area contributed by atoms with Gasteiger partial charge in [-0.1, -0.05) is 12.1 Å². The van der Waals surface area contributed by atoms with Gasteiger partial charge in [-0.25, -0.2) is 8.42 Å². The quantitative estimate of drug-likeness (QED) is 0.709. The highest BCUT2D eigenvalue weighted by Gasteiger charge is 2.32. The standard InChI is InChI=1S/C22H24F3N3O4S/c1-15-3-4-16(2)19(13-15)33(31,32)28-11-9-27(10-12-28)20(29)14-26-21(30)17-5-7-18(8-6-17)22(23,24)25/h3-8,13H,9-12,14H2,1-2H3,(H,26,30). The Morgan fingerprint density at radius 1 is 0.970 bits per heavy atom. The van der Waals surface area contributed by atoms with Gasteiger partial charge in [-0.3, -0.25) is 9.59 Å². The minimum absolute atomic E-state index is 0.000219. The SMILES string of the molecule is Cc1ccc(C)c(S(=O)(=O)N2CCN(C(=O)CNC(=O)c3ccc(C(F)(F)F)cc3)CC2)c1. The number of carbonyl (C=O) groups excluding carboxylic acids is 2. The Kier molecular flexibility index (Phi) is 7.13. The molecule has 0 radical (unpaired) electrons. The molecule has 1 N–H and O–H groups in total. The molecule has 1 fully saturated rings. The van der Waals surface area contributed by atoms with E-state index in [0.29, 0.717) is 5.56 Å². The number of piperazine rings is 1. The zero-order valence-electron chi connectivity index (χ0n) is 18.1. The van der Waals surface area contributed by atoms with E-state index in [2.05, 4.69) is 5.32 Å². The number of carbonyl (C=O) groups is 2. The lowest BCUT2D eigenvalue weighted by Crippen LogP contribution is -2.52. The molecule has 11 heteroatoms. The van der Waals surface area contributed by atoms with Gasteiger partial charge in [0.2, 0.25) is 15.9 Å². The summed E-state index contributed by atoms with van der Waals surface area (Å²) in [5.74, 6) is -1.08. The Bertz CT molecular complexity index is 1140. The van der Waals surface area contributed by atoms with Crippen LogP contribution < -0.4 is 5.32 Å². The number of nitrogens with zero attached hydrogens (tertiary/aromatic N) is 2. The maximum atomic E-state index is 13.0. The van der Waals surface area contributed by atoms with E-state index in [4.69, 9.17) is 0 Å². The first-order chi connectivity index (χ1) is 15.4. The Balaban J connectivity index is 1.54. The molecule has 2 aromatic carbocycles. The lowest BCUT2D eigenvalue weighted by molar-refractivity contribution is -0.137. The van der Waals surface area contributed by atoms with Crippen molar-refractivity contribution in [3.05, 3.63) is 64.7 Å². The molecule has 0 aliphatic carbocycles. The van der Waals surface area contributed by atoms with E-state index in [1.165, 1.54) is 9.21 Å². The van der Waals surface area contributed by atoms with Gasteiger partial charge in [0.15, 0.2) is 0 Å². The Labute approximate surface area is 190 Å². The van der Waals surface area contributed by atoms with Crippen LogP contribution in [-0.4, -0.2) is 62.2 Å². The van der Waals surface area contributed by atoms with Crippen LogP contribution in [0.3, 0.4) is 0 Å². The summed E-state index contributed by atoms with van der Waals surface area (Å²) < 4.78 is 65.2. The predicted molar refractivity (Wildman–Crippen MR) is 115 cm³/mol. The van der Waals surface area contributed by atoms with Crippen molar-refractivity contribution in [2.24, 2.45) is 0 Å². The Morgan fingerprint density at radius 3 is 2.15 bits per heavy atom. The fourth-order valence-corrected chi connectivity index (χ4v) is 5.21. The molecule has 0 atom stereocenters. The van der Waals surface area contributed by atoms with Crippen LogP contribution in [0.15, 0.2) is 47.4 Å². The minimum atomic E-state index is -4.50. The van der Waals surface area contributed by atoms with Crippen LogP contribution >= 0.6 is 0 Å². The molecule has 1 saturated heterocycles. The summed E-state index contributed by atoms with van der Waals surface area (Å²) in [4.78, 5) is 26.3.